The number of carbonyl (C=O) groups is 4. The molecule has 4 aromatic rings. The number of imide groups is 1. The number of nitrogens with zero attached hydrogens (tertiary/aromatic N) is 1. The second-order valence-corrected chi connectivity index (χ2v) is 9.82. The second-order valence-electron chi connectivity index (χ2n) is 9.82. The number of hydrogen-bond donors (Lipinski definition) is 0. The van der Waals surface area contributed by atoms with Crippen LogP contribution in [0.15, 0.2) is 109 Å². The van der Waals surface area contributed by atoms with Gasteiger partial charge in [-0.3, -0.25) is 19.2 Å². The van der Waals surface area contributed by atoms with Crippen molar-refractivity contribution in [3.63, 3.8) is 0 Å². The average molecular weight is 500 g/mol. The molecule has 2 aliphatic heterocycles. The van der Waals surface area contributed by atoms with Gasteiger partial charge in [0.2, 0.25) is 29.0 Å². The average Bonchev–Trinajstić information content (AvgIpc) is 3.54. The quantitative estimate of drug-likeness (QED) is 0.291. The maximum atomic E-state index is 14.1. The Kier molecular flexibility index (Phi) is 4.84. The third-order valence-corrected chi connectivity index (χ3v) is 7.88. The van der Waals surface area contributed by atoms with Crippen molar-refractivity contribution in [2.45, 2.75) is 11.7 Å². The summed E-state index contributed by atoms with van der Waals surface area (Å²) < 4.78 is 6.30. The van der Waals surface area contributed by atoms with E-state index < -0.39 is 46.9 Å². The fourth-order valence-corrected chi connectivity index (χ4v) is 6.15. The largest absolute Gasteiger partial charge is 0.349 e. The van der Waals surface area contributed by atoms with Crippen LogP contribution in [0.1, 0.15) is 32.4 Å². The number of ether oxygens (including phenoxy) is 1. The molecule has 2 fully saturated rings. The Hall–Kier alpha value is -4.68. The molecule has 0 unspecified atom stereocenters. The highest BCUT2D eigenvalue weighted by molar-refractivity contribution is 6.37. The van der Waals surface area contributed by atoms with Crippen LogP contribution in [0.2, 0.25) is 0 Å². The molecule has 0 aromatic heterocycles. The van der Waals surface area contributed by atoms with Crippen LogP contribution in [0.5, 0.6) is 0 Å². The molecule has 2 heterocycles. The number of carbonyl (C=O) groups excluding carboxylic acids is 4. The lowest BCUT2D eigenvalue weighted by Gasteiger charge is -2.27. The first-order chi connectivity index (χ1) is 18.5. The van der Waals surface area contributed by atoms with Crippen molar-refractivity contribution in [3.05, 3.63) is 126 Å². The molecule has 3 atom stereocenters. The molecule has 3 aliphatic rings. The van der Waals surface area contributed by atoms with Gasteiger partial charge in [0, 0.05) is 11.1 Å². The third kappa shape index (κ3) is 2.92. The molecule has 38 heavy (non-hydrogen) atoms. The Morgan fingerprint density at radius 1 is 0.579 bits per heavy atom. The molecule has 7 rings (SSSR count). The zero-order valence-corrected chi connectivity index (χ0v) is 20.1. The summed E-state index contributed by atoms with van der Waals surface area (Å²) >= 11 is 0. The van der Waals surface area contributed by atoms with E-state index in [2.05, 4.69) is 0 Å². The number of anilines is 1. The van der Waals surface area contributed by atoms with Crippen LogP contribution >= 0.6 is 0 Å². The summed E-state index contributed by atoms with van der Waals surface area (Å²) in [5.41, 5.74) is 1.34. The smallest absolute Gasteiger partial charge is 0.241 e. The van der Waals surface area contributed by atoms with Crippen molar-refractivity contribution in [2.75, 3.05) is 4.90 Å². The molecule has 4 aromatic carbocycles. The van der Waals surface area contributed by atoms with Crippen molar-refractivity contribution in [1.82, 2.24) is 0 Å². The van der Waals surface area contributed by atoms with Gasteiger partial charge in [0.05, 0.1) is 23.6 Å². The highest BCUT2D eigenvalue weighted by atomic mass is 16.5. The lowest BCUT2D eigenvalue weighted by Crippen LogP contribution is -2.51. The lowest BCUT2D eigenvalue weighted by molar-refractivity contribution is -0.127. The third-order valence-electron chi connectivity index (χ3n) is 7.88. The fourth-order valence-electron chi connectivity index (χ4n) is 6.15. The molecule has 6 nitrogen and oxygen atoms in total. The molecular formula is C32H21NO5. The summed E-state index contributed by atoms with van der Waals surface area (Å²) in [4.78, 5) is 56.8. The van der Waals surface area contributed by atoms with Crippen LogP contribution in [-0.2, 0) is 14.3 Å². The van der Waals surface area contributed by atoms with Crippen molar-refractivity contribution in [2.24, 2.45) is 11.8 Å². The van der Waals surface area contributed by atoms with Gasteiger partial charge in [-0.05, 0) is 28.8 Å². The van der Waals surface area contributed by atoms with Crippen LogP contribution in [0, 0.1) is 11.8 Å². The summed E-state index contributed by atoms with van der Waals surface area (Å²) in [6.07, 6.45) is -0.923. The standard InChI is InChI=1S/C32H21NO5/c34-28-23-13-7-8-14-24(23)29(35)32(28)26-25(27(38-32)21-11-5-2-6-12-21)30(36)33(31(26)37)22-17-15-20(16-18-22)19-9-3-1-4-10-19/h1-18,25-27H/t25-,26-,27-/m1/s1. The van der Waals surface area contributed by atoms with Crippen molar-refractivity contribution < 1.29 is 23.9 Å². The minimum absolute atomic E-state index is 0.218. The van der Waals surface area contributed by atoms with E-state index >= 15 is 0 Å². The first-order valence-corrected chi connectivity index (χ1v) is 12.5. The summed E-state index contributed by atoms with van der Waals surface area (Å²) in [6.45, 7) is 0. The lowest BCUT2D eigenvalue weighted by atomic mass is 9.77. The highest BCUT2D eigenvalue weighted by Gasteiger charge is 2.74. The van der Waals surface area contributed by atoms with E-state index in [9.17, 15) is 19.2 Å². The zero-order valence-electron chi connectivity index (χ0n) is 20.1. The van der Waals surface area contributed by atoms with Gasteiger partial charge in [-0.2, -0.15) is 0 Å². The van der Waals surface area contributed by atoms with E-state index in [-0.39, 0.29) is 11.1 Å². The molecule has 2 saturated heterocycles. The molecule has 6 heteroatoms. The van der Waals surface area contributed by atoms with Crippen LogP contribution in [0.3, 0.4) is 0 Å². The summed E-state index contributed by atoms with van der Waals surface area (Å²) in [5.74, 6) is -4.47. The Morgan fingerprint density at radius 2 is 1.11 bits per heavy atom. The van der Waals surface area contributed by atoms with E-state index in [0.29, 0.717) is 11.3 Å². The monoisotopic (exact) mass is 499 g/mol. The predicted octanol–water partition coefficient (Wildman–Crippen LogP) is 5.05. The predicted molar refractivity (Wildman–Crippen MR) is 139 cm³/mol. The van der Waals surface area contributed by atoms with Gasteiger partial charge in [-0.25, -0.2) is 4.90 Å². The first-order valence-electron chi connectivity index (χ1n) is 12.5. The van der Waals surface area contributed by atoms with Crippen LogP contribution in [0.25, 0.3) is 11.1 Å². The normalized spacial score (nSPS) is 23.3. The Morgan fingerprint density at radius 3 is 1.71 bits per heavy atom. The summed E-state index contributed by atoms with van der Waals surface area (Å²) in [5, 5.41) is 0. The number of benzene rings is 4. The first kappa shape index (κ1) is 22.5. The summed E-state index contributed by atoms with van der Waals surface area (Å²) in [6, 6.07) is 32.4. The molecule has 1 spiro atoms. The number of fused-ring (bicyclic) bond motifs is 3. The van der Waals surface area contributed by atoms with Gasteiger partial charge < -0.3 is 4.74 Å². The number of Topliss-reactive ketones (excluding diaryl/α,β-unsaturated/α-hetero) is 2. The number of rotatable bonds is 3. The SMILES string of the molecule is O=C1[C@H]2[C@@H](c3ccccc3)OC3(C(=O)c4ccccc4C3=O)[C@H]2C(=O)N1c1ccc(-c2ccccc2)cc1. The number of hydrogen-bond acceptors (Lipinski definition) is 5. The van der Waals surface area contributed by atoms with Crippen LogP contribution in [-0.4, -0.2) is 29.0 Å². The van der Waals surface area contributed by atoms with E-state index in [1.165, 1.54) is 0 Å². The van der Waals surface area contributed by atoms with Gasteiger partial charge in [0.15, 0.2) is 0 Å². The minimum atomic E-state index is -2.07. The summed E-state index contributed by atoms with van der Waals surface area (Å²) in [7, 11) is 0. The molecule has 0 radical (unpaired) electrons. The van der Waals surface area contributed by atoms with Crippen molar-refractivity contribution >= 4 is 29.1 Å². The van der Waals surface area contributed by atoms with Gasteiger partial charge in [-0.1, -0.05) is 97.1 Å². The highest BCUT2D eigenvalue weighted by Crippen LogP contribution is 2.57. The maximum absolute atomic E-state index is 14.1. The van der Waals surface area contributed by atoms with E-state index in [0.717, 1.165) is 16.0 Å². The van der Waals surface area contributed by atoms with Gasteiger partial charge in [-0.15, -0.1) is 0 Å². The zero-order chi connectivity index (χ0) is 26.0. The molecule has 184 valence electrons. The van der Waals surface area contributed by atoms with Crippen LogP contribution in [0.4, 0.5) is 5.69 Å². The van der Waals surface area contributed by atoms with Crippen molar-refractivity contribution in [3.8, 4) is 11.1 Å². The Bertz CT molecular complexity index is 1590. The van der Waals surface area contributed by atoms with Gasteiger partial charge >= 0.3 is 0 Å². The second kappa shape index (κ2) is 8.16. The number of ketones is 2. The molecule has 0 N–H and O–H groups in total. The molecule has 1 aliphatic carbocycles. The van der Waals surface area contributed by atoms with Crippen molar-refractivity contribution in [1.29, 1.82) is 0 Å². The van der Waals surface area contributed by atoms with Crippen LogP contribution < -0.4 is 4.90 Å². The maximum Gasteiger partial charge on any atom is 0.241 e. The van der Waals surface area contributed by atoms with E-state index in [1.807, 2.05) is 48.5 Å². The molecule has 0 saturated carbocycles. The molecular weight excluding hydrogens is 478 g/mol. The van der Waals surface area contributed by atoms with E-state index in [1.54, 1.807) is 60.7 Å². The fraction of sp³-hybridized carbons (Fsp3) is 0.125. The van der Waals surface area contributed by atoms with E-state index in [4.69, 9.17) is 4.74 Å². The van der Waals surface area contributed by atoms with Gasteiger partial charge in [0.1, 0.15) is 0 Å². The topological polar surface area (TPSA) is 80.8 Å². The van der Waals surface area contributed by atoms with Gasteiger partial charge in [0.25, 0.3) is 0 Å². The molecule has 0 bridgehead atoms. The Balaban J connectivity index is 1.34. The Labute approximate surface area is 218 Å². The number of amides is 2. The minimum Gasteiger partial charge on any atom is -0.349 e. The molecule has 2 amide bonds.